The lowest BCUT2D eigenvalue weighted by atomic mass is 9.96. The van der Waals surface area contributed by atoms with Crippen molar-refractivity contribution in [3.05, 3.63) is 29.3 Å². The second-order valence-electron chi connectivity index (χ2n) is 6.76. The molecule has 2 rings (SSSR count). The van der Waals surface area contributed by atoms with Crippen LogP contribution >= 0.6 is 0 Å². The average molecular weight is 317 g/mol. The standard InChI is InChI=1S/C20H31NO2/c1-4-18(23-19-14-10-11-15(2)16(19)3)20(22)21-17-12-8-6-5-7-9-13-17/h10-11,14,17-18H,4-9,12-13H2,1-3H3,(H,21,22). The van der Waals surface area contributed by atoms with E-state index in [1.54, 1.807) is 0 Å². The highest BCUT2D eigenvalue weighted by Crippen LogP contribution is 2.23. The Morgan fingerprint density at radius 2 is 1.83 bits per heavy atom. The molecule has 1 N–H and O–H groups in total. The van der Waals surface area contributed by atoms with Crippen molar-refractivity contribution in [1.29, 1.82) is 0 Å². The molecule has 23 heavy (non-hydrogen) atoms. The summed E-state index contributed by atoms with van der Waals surface area (Å²) in [6.07, 6.45) is 8.86. The van der Waals surface area contributed by atoms with E-state index < -0.39 is 6.10 Å². The van der Waals surface area contributed by atoms with E-state index in [-0.39, 0.29) is 5.91 Å². The molecular weight excluding hydrogens is 286 g/mol. The summed E-state index contributed by atoms with van der Waals surface area (Å²) in [6, 6.07) is 6.32. The Kier molecular flexibility index (Phi) is 6.94. The molecule has 1 amide bonds. The second kappa shape index (κ2) is 8.95. The molecule has 1 aromatic rings. The van der Waals surface area contributed by atoms with Crippen LogP contribution in [0.1, 0.15) is 69.4 Å². The predicted molar refractivity (Wildman–Crippen MR) is 94.9 cm³/mol. The zero-order chi connectivity index (χ0) is 16.7. The number of hydrogen-bond donors (Lipinski definition) is 1. The molecule has 0 saturated heterocycles. The van der Waals surface area contributed by atoms with Crippen molar-refractivity contribution in [3.63, 3.8) is 0 Å². The monoisotopic (exact) mass is 317 g/mol. The average Bonchev–Trinajstić information content (AvgIpc) is 2.51. The van der Waals surface area contributed by atoms with Gasteiger partial charge in [0.25, 0.3) is 5.91 Å². The van der Waals surface area contributed by atoms with Gasteiger partial charge in [-0.1, -0.05) is 51.2 Å². The number of hydrogen-bond acceptors (Lipinski definition) is 2. The van der Waals surface area contributed by atoms with Crippen molar-refractivity contribution in [2.24, 2.45) is 0 Å². The SMILES string of the molecule is CCC(Oc1cccc(C)c1C)C(=O)NC1CCCCCCC1. The minimum absolute atomic E-state index is 0.0407. The Balaban J connectivity index is 1.96. The molecule has 0 heterocycles. The van der Waals surface area contributed by atoms with E-state index in [1.807, 2.05) is 26.0 Å². The first kappa shape index (κ1) is 17.8. The molecule has 1 fully saturated rings. The maximum absolute atomic E-state index is 12.6. The smallest absolute Gasteiger partial charge is 0.261 e. The first-order chi connectivity index (χ1) is 11.1. The van der Waals surface area contributed by atoms with E-state index in [0.717, 1.165) is 24.2 Å². The summed E-state index contributed by atoms with van der Waals surface area (Å²) < 4.78 is 6.02. The first-order valence-corrected chi connectivity index (χ1v) is 9.15. The van der Waals surface area contributed by atoms with Gasteiger partial charge in [0.05, 0.1) is 0 Å². The van der Waals surface area contributed by atoms with Crippen LogP contribution in [0.5, 0.6) is 5.75 Å². The van der Waals surface area contributed by atoms with E-state index in [2.05, 4.69) is 18.3 Å². The Labute approximate surface area is 140 Å². The molecule has 0 bridgehead atoms. The van der Waals surface area contributed by atoms with Crippen LogP contribution in [0.4, 0.5) is 0 Å². The normalized spacial score (nSPS) is 17.9. The molecular formula is C20H31NO2. The summed E-state index contributed by atoms with van der Waals surface area (Å²) in [7, 11) is 0. The van der Waals surface area contributed by atoms with Crippen LogP contribution in [0.25, 0.3) is 0 Å². The van der Waals surface area contributed by atoms with Crippen molar-refractivity contribution in [1.82, 2.24) is 5.32 Å². The van der Waals surface area contributed by atoms with Crippen molar-refractivity contribution in [2.45, 2.75) is 84.3 Å². The Morgan fingerprint density at radius 1 is 1.17 bits per heavy atom. The number of carbonyl (C=O) groups is 1. The Bertz CT molecular complexity index is 504. The van der Waals surface area contributed by atoms with Gasteiger partial charge < -0.3 is 10.1 Å². The summed E-state index contributed by atoms with van der Waals surface area (Å²) >= 11 is 0. The van der Waals surface area contributed by atoms with Crippen LogP contribution in [-0.2, 0) is 4.79 Å². The molecule has 1 atom stereocenters. The van der Waals surface area contributed by atoms with Gasteiger partial charge in [-0.15, -0.1) is 0 Å². The Morgan fingerprint density at radius 3 is 2.48 bits per heavy atom. The summed E-state index contributed by atoms with van der Waals surface area (Å²) in [6.45, 7) is 6.12. The molecule has 1 aliphatic carbocycles. The van der Waals surface area contributed by atoms with E-state index in [4.69, 9.17) is 4.74 Å². The molecule has 0 aromatic heterocycles. The molecule has 1 aliphatic rings. The van der Waals surface area contributed by atoms with Crippen LogP contribution in [0.15, 0.2) is 18.2 Å². The molecule has 3 nitrogen and oxygen atoms in total. The van der Waals surface area contributed by atoms with Gasteiger partial charge in [-0.3, -0.25) is 4.79 Å². The van der Waals surface area contributed by atoms with Crippen molar-refractivity contribution in [3.8, 4) is 5.75 Å². The second-order valence-corrected chi connectivity index (χ2v) is 6.76. The van der Waals surface area contributed by atoms with Crippen LogP contribution in [-0.4, -0.2) is 18.1 Å². The number of carbonyl (C=O) groups excluding carboxylic acids is 1. The van der Waals surface area contributed by atoms with Crippen LogP contribution in [0.2, 0.25) is 0 Å². The highest BCUT2D eigenvalue weighted by molar-refractivity contribution is 5.81. The minimum atomic E-state index is -0.402. The van der Waals surface area contributed by atoms with Gasteiger partial charge in [0, 0.05) is 6.04 Å². The summed E-state index contributed by atoms with van der Waals surface area (Å²) in [4.78, 5) is 12.6. The van der Waals surface area contributed by atoms with Gasteiger partial charge >= 0.3 is 0 Å². The fourth-order valence-corrected chi connectivity index (χ4v) is 3.22. The number of nitrogens with one attached hydrogen (secondary N) is 1. The number of amides is 1. The summed E-state index contributed by atoms with van der Waals surface area (Å²) in [5, 5.41) is 3.23. The van der Waals surface area contributed by atoms with Crippen molar-refractivity contribution >= 4 is 5.91 Å². The molecule has 0 radical (unpaired) electrons. The zero-order valence-corrected chi connectivity index (χ0v) is 14.9. The number of benzene rings is 1. The quantitative estimate of drug-likeness (QED) is 0.855. The van der Waals surface area contributed by atoms with Gasteiger partial charge in [0.1, 0.15) is 5.75 Å². The fraction of sp³-hybridized carbons (Fsp3) is 0.650. The Hall–Kier alpha value is -1.51. The predicted octanol–water partition coefficient (Wildman–Crippen LogP) is 4.69. The fourth-order valence-electron chi connectivity index (χ4n) is 3.22. The van der Waals surface area contributed by atoms with Crippen LogP contribution in [0, 0.1) is 13.8 Å². The largest absolute Gasteiger partial charge is 0.480 e. The topological polar surface area (TPSA) is 38.3 Å². The van der Waals surface area contributed by atoms with E-state index >= 15 is 0 Å². The lowest BCUT2D eigenvalue weighted by Crippen LogP contribution is -2.43. The maximum Gasteiger partial charge on any atom is 0.261 e. The molecule has 0 aliphatic heterocycles. The van der Waals surface area contributed by atoms with E-state index in [0.29, 0.717) is 12.5 Å². The zero-order valence-electron chi connectivity index (χ0n) is 14.9. The summed E-state index contributed by atoms with van der Waals surface area (Å²) in [5.74, 6) is 0.864. The van der Waals surface area contributed by atoms with Crippen molar-refractivity contribution in [2.75, 3.05) is 0 Å². The first-order valence-electron chi connectivity index (χ1n) is 9.15. The number of rotatable bonds is 5. The van der Waals surface area contributed by atoms with Gasteiger partial charge in [-0.05, 0) is 50.3 Å². The van der Waals surface area contributed by atoms with E-state index in [9.17, 15) is 4.79 Å². The summed E-state index contributed by atoms with van der Waals surface area (Å²) in [5.41, 5.74) is 2.31. The maximum atomic E-state index is 12.6. The van der Waals surface area contributed by atoms with Gasteiger partial charge in [0.15, 0.2) is 6.10 Å². The lowest BCUT2D eigenvalue weighted by molar-refractivity contribution is -0.129. The number of ether oxygens (including phenoxy) is 1. The van der Waals surface area contributed by atoms with Crippen molar-refractivity contribution < 1.29 is 9.53 Å². The third kappa shape index (κ3) is 5.26. The van der Waals surface area contributed by atoms with Crippen LogP contribution < -0.4 is 10.1 Å². The highest BCUT2D eigenvalue weighted by atomic mass is 16.5. The highest BCUT2D eigenvalue weighted by Gasteiger charge is 2.22. The lowest BCUT2D eigenvalue weighted by Gasteiger charge is -2.25. The van der Waals surface area contributed by atoms with Gasteiger partial charge in [-0.25, -0.2) is 0 Å². The third-order valence-electron chi connectivity index (χ3n) is 4.94. The van der Waals surface area contributed by atoms with Gasteiger partial charge in [-0.2, -0.15) is 0 Å². The molecule has 0 spiro atoms. The van der Waals surface area contributed by atoms with Crippen LogP contribution in [0.3, 0.4) is 0 Å². The molecule has 1 saturated carbocycles. The third-order valence-corrected chi connectivity index (χ3v) is 4.94. The van der Waals surface area contributed by atoms with E-state index in [1.165, 1.54) is 37.7 Å². The van der Waals surface area contributed by atoms with Gasteiger partial charge in [0.2, 0.25) is 0 Å². The molecule has 1 aromatic carbocycles. The molecule has 1 unspecified atom stereocenters. The number of aryl methyl sites for hydroxylation is 1. The minimum Gasteiger partial charge on any atom is -0.480 e. The molecule has 128 valence electrons. The molecule has 3 heteroatoms.